The molecule has 0 aliphatic rings. The van der Waals surface area contributed by atoms with E-state index in [0.717, 1.165) is 15.6 Å². The van der Waals surface area contributed by atoms with Crippen molar-refractivity contribution >= 4 is 10.2 Å². The zero-order valence-electron chi connectivity index (χ0n) is 8.40. The first-order valence-corrected chi connectivity index (χ1v) is 5.53. The van der Waals surface area contributed by atoms with E-state index in [0.29, 0.717) is 0 Å². The van der Waals surface area contributed by atoms with Gasteiger partial charge in [-0.1, -0.05) is 0 Å². The van der Waals surface area contributed by atoms with Crippen molar-refractivity contribution in [1.29, 1.82) is 0 Å². The van der Waals surface area contributed by atoms with Crippen LogP contribution in [-0.2, 0) is 16.8 Å². The van der Waals surface area contributed by atoms with E-state index in [1.807, 2.05) is 6.92 Å². The summed E-state index contributed by atoms with van der Waals surface area (Å²) in [4.78, 5) is 0. The van der Waals surface area contributed by atoms with Crippen molar-refractivity contribution in [3.8, 4) is 0 Å². The maximum atomic E-state index is 11.3. The van der Waals surface area contributed by atoms with E-state index >= 15 is 0 Å². The average Bonchev–Trinajstić information content (AvgIpc) is 2.47. The van der Waals surface area contributed by atoms with Crippen LogP contribution >= 0.6 is 0 Å². The van der Waals surface area contributed by atoms with Crippen molar-refractivity contribution in [3.05, 3.63) is 17.5 Å². The Morgan fingerprint density at radius 3 is 2.64 bits per heavy atom. The monoisotopic (exact) mass is 218 g/mol. The van der Waals surface area contributed by atoms with Crippen molar-refractivity contribution in [2.45, 2.75) is 13.5 Å². The van der Waals surface area contributed by atoms with E-state index in [1.165, 1.54) is 14.1 Å². The summed E-state index contributed by atoms with van der Waals surface area (Å²) in [5, 5.41) is 6.53. The predicted octanol–water partition coefficient (Wildman–Crippen LogP) is -0.386. The molecule has 1 rings (SSSR count). The van der Waals surface area contributed by atoms with Gasteiger partial charge in [-0.05, 0) is 6.92 Å². The normalized spacial score (nSPS) is 12.3. The van der Waals surface area contributed by atoms with Crippen molar-refractivity contribution in [3.63, 3.8) is 0 Å². The van der Waals surface area contributed by atoms with Gasteiger partial charge in [0.25, 0.3) is 10.2 Å². The molecule has 1 aromatic heterocycles. The van der Waals surface area contributed by atoms with Gasteiger partial charge in [0.1, 0.15) is 0 Å². The van der Waals surface area contributed by atoms with Gasteiger partial charge in [0.05, 0.1) is 6.20 Å². The highest BCUT2D eigenvalue weighted by atomic mass is 32.2. The molecular weight excluding hydrogens is 204 g/mol. The fourth-order valence-corrected chi connectivity index (χ4v) is 1.45. The van der Waals surface area contributed by atoms with Gasteiger partial charge in [-0.2, -0.15) is 22.5 Å². The molecule has 0 spiro atoms. The van der Waals surface area contributed by atoms with Crippen LogP contribution in [0, 0.1) is 6.92 Å². The first-order chi connectivity index (χ1) is 6.43. The summed E-state index contributed by atoms with van der Waals surface area (Å²) in [6.07, 6.45) is 1.60. The largest absolute Gasteiger partial charge is 0.283 e. The first kappa shape index (κ1) is 11.2. The number of aromatic amines is 1. The summed E-state index contributed by atoms with van der Waals surface area (Å²) in [7, 11) is -0.396. The molecule has 2 N–H and O–H groups in total. The molecule has 0 aliphatic heterocycles. The number of aromatic nitrogens is 2. The summed E-state index contributed by atoms with van der Waals surface area (Å²) in [6.45, 7) is 2.09. The lowest BCUT2D eigenvalue weighted by Gasteiger charge is -2.11. The van der Waals surface area contributed by atoms with Crippen LogP contribution in [0.15, 0.2) is 6.20 Å². The van der Waals surface area contributed by atoms with Crippen LogP contribution in [0.3, 0.4) is 0 Å². The smallest absolute Gasteiger partial charge is 0.279 e. The maximum absolute atomic E-state index is 11.3. The van der Waals surface area contributed by atoms with Gasteiger partial charge in [-0.3, -0.25) is 5.10 Å². The fourth-order valence-electron chi connectivity index (χ4n) is 0.852. The first-order valence-electron chi connectivity index (χ1n) is 4.09. The van der Waals surface area contributed by atoms with Gasteiger partial charge in [0.2, 0.25) is 0 Å². The molecule has 1 aromatic rings. The van der Waals surface area contributed by atoms with E-state index in [1.54, 1.807) is 6.20 Å². The van der Waals surface area contributed by atoms with Gasteiger partial charge in [0, 0.05) is 31.9 Å². The standard InChI is InChI=1S/C7H14N4O2S/c1-6-7(4-8-10-6)5-9-14(12,13)11(2)3/h4,9H,5H2,1-3H3,(H,8,10). The Bertz CT molecular complexity index is 396. The molecule has 0 radical (unpaired) electrons. The Balaban J connectivity index is 2.62. The molecule has 1 heterocycles. The third-order valence-electron chi connectivity index (χ3n) is 1.86. The molecule has 14 heavy (non-hydrogen) atoms. The van der Waals surface area contributed by atoms with E-state index in [9.17, 15) is 8.42 Å². The second kappa shape index (κ2) is 4.07. The van der Waals surface area contributed by atoms with Crippen molar-refractivity contribution in [2.24, 2.45) is 0 Å². The Labute approximate surface area is 83.5 Å². The van der Waals surface area contributed by atoms with Crippen LogP contribution in [-0.4, -0.2) is 37.0 Å². The van der Waals surface area contributed by atoms with Crippen LogP contribution in [0.25, 0.3) is 0 Å². The topological polar surface area (TPSA) is 78.1 Å². The predicted molar refractivity (Wildman–Crippen MR) is 52.8 cm³/mol. The molecule has 0 fully saturated rings. The van der Waals surface area contributed by atoms with Gasteiger partial charge in [-0.15, -0.1) is 0 Å². The molecule has 0 unspecified atom stereocenters. The Morgan fingerprint density at radius 1 is 1.57 bits per heavy atom. The molecule has 0 amide bonds. The number of rotatable bonds is 4. The van der Waals surface area contributed by atoms with E-state index in [-0.39, 0.29) is 6.54 Å². The van der Waals surface area contributed by atoms with E-state index in [4.69, 9.17) is 0 Å². The zero-order valence-corrected chi connectivity index (χ0v) is 9.22. The number of nitrogens with one attached hydrogen (secondary N) is 2. The minimum atomic E-state index is -3.35. The molecule has 0 atom stereocenters. The molecule has 0 aromatic carbocycles. The molecule has 0 bridgehead atoms. The third kappa shape index (κ3) is 2.53. The molecule has 6 nitrogen and oxygen atoms in total. The van der Waals surface area contributed by atoms with Crippen LogP contribution in [0.2, 0.25) is 0 Å². The fraction of sp³-hybridized carbons (Fsp3) is 0.571. The van der Waals surface area contributed by atoms with Crippen LogP contribution in [0.4, 0.5) is 0 Å². The van der Waals surface area contributed by atoms with Crippen LogP contribution in [0.5, 0.6) is 0 Å². The Kier molecular flexibility index (Phi) is 3.25. The molecule has 0 saturated carbocycles. The molecule has 7 heteroatoms. The van der Waals surface area contributed by atoms with Gasteiger partial charge >= 0.3 is 0 Å². The molecule has 0 aliphatic carbocycles. The second-order valence-corrected chi connectivity index (χ2v) is 5.10. The summed E-state index contributed by atoms with van der Waals surface area (Å²) < 4.78 is 26.2. The minimum absolute atomic E-state index is 0.253. The highest BCUT2D eigenvalue weighted by Crippen LogP contribution is 2.02. The lowest BCUT2D eigenvalue weighted by atomic mass is 10.3. The maximum Gasteiger partial charge on any atom is 0.279 e. The van der Waals surface area contributed by atoms with Crippen molar-refractivity contribution < 1.29 is 8.42 Å². The molecule has 0 saturated heterocycles. The van der Waals surface area contributed by atoms with Crippen molar-refractivity contribution in [2.75, 3.05) is 14.1 Å². The summed E-state index contributed by atoms with van der Waals surface area (Å²) in [5.41, 5.74) is 1.71. The SMILES string of the molecule is Cc1[nH]ncc1CNS(=O)(=O)N(C)C. The average molecular weight is 218 g/mol. The number of hydrogen-bond acceptors (Lipinski definition) is 3. The molecular formula is C7H14N4O2S. The van der Waals surface area contributed by atoms with Crippen molar-refractivity contribution in [1.82, 2.24) is 19.2 Å². The Morgan fingerprint density at radius 2 is 2.21 bits per heavy atom. The third-order valence-corrected chi connectivity index (χ3v) is 3.33. The van der Waals surface area contributed by atoms with Crippen LogP contribution in [0.1, 0.15) is 11.3 Å². The lowest BCUT2D eigenvalue weighted by Crippen LogP contribution is -2.35. The number of H-pyrrole nitrogens is 1. The van der Waals surface area contributed by atoms with Gasteiger partial charge in [0.15, 0.2) is 0 Å². The second-order valence-electron chi connectivity index (χ2n) is 3.13. The summed E-state index contributed by atoms with van der Waals surface area (Å²) in [6, 6.07) is 0. The lowest BCUT2D eigenvalue weighted by molar-refractivity contribution is 0.505. The number of hydrogen-bond donors (Lipinski definition) is 2. The van der Waals surface area contributed by atoms with E-state index in [2.05, 4.69) is 14.9 Å². The summed E-state index contributed by atoms with van der Waals surface area (Å²) in [5.74, 6) is 0. The zero-order chi connectivity index (χ0) is 10.8. The minimum Gasteiger partial charge on any atom is -0.283 e. The highest BCUT2D eigenvalue weighted by Gasteiger charge is 2.12. The molecule has 80 valence electrons. The highest BCUT2D eigenvalue weighted by molar-refractivity contribution is 7.87. The van der Waals surface area contributed by atoms with Crippen LogP contribution < -0.4 is 4.72 Å². The number of nitrogens with zero attached hydrogens (tertiary/aromatic N) is 2. The summed E-state index contributed by atoms with van der Waals surface area (Å²) >= 11 is 0. The number of aryl methyl sites for hydroxylation is 1. The van der Waals surface area contributed by atoms with E-state index < -0.39 is 10.2 Å². The quantitative estimate of drug-likeness (QED) is 0.722. The van der Waals surface area contributed by atoms with Gasteiger partial charge < -0.3 is 0 Å². The van der Waals surface area contributed by atoms with Gasteiger partial charge in [-0.25, -0.2) is 0 Å². The Hall–Kier alpha value is -0.920.